The van der Waals surface area contributed by atoms with Crippen molar-refractivity contribution >= 4 is 35.0 Å². The molecule has 114 valence electrons. The molecule has 21 heavy (non-hydrogen) atoms. The minimum atomic E-state index is -0.361. The molecule has 2 heterocycles. The average Bonchev–Trinajstić information content (AvgIpc) is 2.63. The van der Waals surface area contributed by atoms with Crippen LogP contribution in [0.25, 0.3) is 0 Å². The third-order valence-corrected chi connectivity index (χ3v) is 3.80. The number of nitrogens with two attached hydrogens (primary N) is 1. The number of hydrogen-bond acceptors (Lipinski definition) is 4. The third-order valence-electron chi connectivity index (χ3n) is 3.30. The van der Waals surface area contributed by atoms with Gasteiger partial charge in [0.2, 0.25) is 5.91 Å². The number of nitrogens with zero attached hydrogens (tertiary/aromatic N) is 3. The lowest BCUT2D eigenvalue weighted by molar-refractivity contribution is -0.119. The van der Waals surface area contributed by atoms with E-state index in [4.69, 9.17) is 28.9 Å². The average molecular weight is 331 g/mol. The van der Waals surface area contributed by atoms with Gasteiger partial charge in [-0.1, -0.05) is 23.2 Å². The van der Waals surface area contributed by atoms with E-state index in [2.05, 4.69) is 4.98 Å². The molecule has 1 saturated heterocycles. The van der Waals surface area contributed by atoms with Gasteiger partial charge in [0.1, 0.15) is 10.3 Å². The van der Waals surface area contributed by atoms with E-state index >= 15 is 0 Å². The van der Waals surface area contributed by atoms with Gasteiger partial charge in [0.15, 0.2) is 0 Å². The van der Waals surface area contributed by atoms with Gasteiger partial charge >= 0.3 is 0 Å². The van der Waals surface area contributed by atoms with Crippen LogP contribution in [-0.4, -0.2) is 59.3 Å². The van der Waals surface area contributed by atoms with Crippen LogP contribution in [0.15, 0.2) is 12.1 Å². The van der Waals surface area contributed by atoms with Crippen molar-refractivity contribution in [1.29, 1.82) is 0 Å². The largest absolute Gasteiger partial charge is 0.369 e. The highest BCUT2D eigenvalue weighted by molar-refractivity contribution is 6.34. The zero-order valence-corrected chi connectivity index (χ0v) is 12.9. The molecule has 1 aromatic rings. The summed E-state index contributed by atoms with van der Waals surface area (Å²) in [7, 11) is 0. The molecule has 2 amide bonds. The Kier molecular flexibility index (Phi) is 5.39. The van der Waals surface area contributed by atoms with Crippen molar-refractivity contribution in [2.75, 3.05) is 32.7 Å². The zero-order chi connectivity index (χ0) is 15.4. The van der Waals surface area contributed by atoms with Crippen molar-refractivity contribution in [2.24, 2.45) is 5.73 Å². The van der Waals surface area contributed by atoms with Crippen LogP contribution in [0.3, 0.4) is 0 Å². The summed E-state index contributed by atoms with van der Waals surface area (Å²) in [6, 6.07) is 3.12. The summed E-state index contributed by atoms with van der Waals surface area (Å²) in [6.45, 7) is 2.68. The molecule has 1 fully saturated rings. The molecule has 2 N–H and O–H groups in total. The van der Waals surface area contributed by atoms with E-state index in [-0.39, 0.29) is 28.7 Å². The summed E-state index contributed by atoms with van der Waals surface area (Å²) in [5.41, 5.74) is 5.53. The fourth-order valence-electron chi connectivity index (χ4n) is 2.29. The van der Waals surface area contributed by atoms with Crippen LogP contribution in [0.1, 0.15) is 16.8 Å². The van der Waals surface area contributed by atoms with Crippen molar-refractivity contribution in [3.05, 3.63) is 28.0 Å². The highest BCUT2D eigenvalue weighted by atomic mass is 35.5. The summed E-state index contributed by atoms with van der Waals surface area (Å²) in [4.78, 5) is 30.9. The maximum Gasteiger partial charge on any atom is 0.257 e. The zero-order valence-electron chi connectivity index (χ0n) is 11.4. The van der Waals surface area contributed by atoms with Crippen molar-refractivity contribution in [3.8, 4) is 0 Å². The number of primary amides is 1. The number of carbonyl (C=O) groups is 2. The molecule has 0 aromatic carbocycles. The molecule has 0 radical (unpaired) electrons. The van der Waals surface area contributed by atoms with Crippen LogP contribution < -0.4 is 5.73 Å². The van der Waals surface area contributed by atoms with Gasteiger partial charge in [-0.25, -0.2) is 4.98 Å². The molecular formula is C13H16Cl2N4O2. The fourth-order valence-corrected chi connectivity index (χ4v) is 2.72. The molecule has 1 aromatic heterocycles. The Balaban J connectivity index is 2.04. The molecule has 0 saturated carbocycles. The summed E-state index contributed by atoms with van der Waals surface area (Å²) in [6.07, 6.45) is 0.775. The number of aromatic nitrogens is 1. The number of carbonyl (C=O) groups excluding carboxylic acids is 2. The highest BCUT2D eigenvalue weighted by Gasteiger charge is 2.23. The Bertz CT molecular complexity index is 553. The topological polar surface area (TPSA) is 79.5 Å². The quantitative estimate of drug-likeness (QED) is 0.839. The van der Waals surface area contributed by atoms with Crippen LogP contribution >= 0.6 is 23.2 Å². The normalized spacial score (nSPS) is 16.6. The van der Waals surface area contributed by atoms with E-state index in [0.717, 1.165) is 13.0 Å². The summed E-state index contributed by atoms with van der Waals surface area (Å²) in [5.74, 6) is -0.537. The molecule has 6 nitrogen and oxygen atoms in total. The number of rotatable bonds is 3. The fraction of sp³-hybridized carbons (Fsp3) is 0.462. The summed E-state index contributed by atoms with van der Waals surface area (Å²) >= 11 is 11.7. The predicted octanol–water partition coefficient (Wildman–Crippen LogP) is 1.02. The van der Waals surface area contributed by atoms with Crippen molar-refractivity contribution in [1.82, 2.24) is 14.8 Å². The molecule has 0 spiro atoms. The van der Waals surface area contributed by atoms with Crippen molar-refractivity contribution in [3.63, 3.8) is 0 Å². The minimum Gasteiger partial charge on any atom is -0.369 e. The van der Waals surface area contributed by atoms with Gasteiger partial charge in [-0.2, -0.15) is 0 Å². The maximum absolute atomic E-state index is 12.5. The lowest BCUT2D eigenvalue weighted by atomic mass is 10.2. The molecule has 0 aliphatic carbocycles. The van der Waals surface area contributed by atoms with Gasteiger partial charge in [-0.05, 0) is 18.6 Å². The first-order chi connectivity index (χ1) is 9.97. The molecule has 8 heteroatoms. The van der Waals surface area contributed by atoms with Gasteiger partial charge in [-0.3, -0.25) is 14.5 Å². The Morgan fingerprint density at radius 1 is 1.19 bits per heavy atom. The van der Waals surface area contributed by atoms with E-state index < -0.39 is 0 Å². The molecule has 0 atom stereocenters. The van der Waals surface area contributed by atoms with Crippen molar-refractivity contribution in [2.45, 2.75) is 6.42 Å². The molecular weight excluding hydrogens is 315 g/mol. The van der Waals surface area contributed by atoms with Gasteiger partial charge in [-0.15, -0.1) is 0 Å². The third kappa shape index (κ3) is 4.30. The first-order valence-corrected chi connectivity index (χ1v) is 7.35. The summed E-state index contributed by atoms with van der Waals surface area (Å²) < 4.78 is 0. The summed E-state index contributed by atoms with van der Waals surface area (Å²) in [5, 5.41) is 0.353. The van der Waals surface area contributed by atoms with E-state index in [9.17, 15) is 9.59 Å². The van der Waals surface area contributed by atoms with Crippen LogP contribution in [0.4, 0.5) is 0 Å². The van der Waals surface area contributed by atoms with Gasteiger partial charge in [0.05, 0.1) is 12.1 Å². The molecule has 2 rings (SSSR count). The lowest BCUT2D eigenvalue weighted by Crippen LogP contribution is -2.38. The number of halogens is 2. The smallest absolute Gasteiger partial charge is 0.257 e. The standard InChI is InChI=1S/C13H16Cl2N4O2/c14-10-3-2-9(12(15)17-10)13(21)19-5-1-4-18(6-7-19)8-11(16)20/h2-3H,1,4-8H2,(H2,16,20). The lowest BCUT2D eigenvalue weighted by Gasteiger charge is -2.21. The second-order valence-electron chi connectivity index (χ2n) is 4.86. The van der Waals surface area contributed by atoms with E-state index in [1.807, 2.05) is 4.90 Å². The van der Waals surface area contributed by atoms with Crippen LogP contribution in [0.2, 0.25) is 10.3 Å². The molecule has 0 bridgehead atoms. The second-order valence-corrected chi connectivity index (χ2v) is 5.61. The predicted molar refractivity (Wildman–Crippen MR) is 80.4 cm³/mol. The molecule has 1 aliphatic rings. The van der Waals surface area contributed by atoms with E-state index in [0.29, 0.717) is 25.2 Å². The number of pyridine rings is 1. The van der Waals surface area contributed by atoms with Crippen LogP contribution in [-0.2, 0) is 4.79 Å². The van der Waals surface area contributed by atoms with Gasteiger partial charge in [0, 0.05) is 26.2 Å². The molecule has 0 unspecified atom stereocenters. The Hall–Kier alpha value is -1.37. The second kappa shape index (κ2) is 7.06. The minimum absolute atomic E-state index is 0.103. The Labute approximate surface area is 132 Å². The monoisotopic (exact) mass is 330 g/mol. The van der Waals surface area contributed by atoms with E-state index in [1.54, 1.807) is 11.0 Å². The van der Waals surface area contributed by atoms with Gasteiger partial charge < -0.3 is 10.6 Å². The highest BCUT2D eigenvalue weighted by Crippen LogP contribution is 2.19. The molecule has 1 aliphatic heterocycles. The van der Waals surface area contributed by atoms with E-state index in [1.165, 1.54) is 6.07 Å². The maximum atomic E-state index is 12.5. The SMILES string of the molecule is NC(=O)CN1CCCN(C(=O)c2ccc(Cl)nc2Cl)CC1. The number of hydrogen-bond donors (Lipinski definition) is 1. The first kappa shape index (κ1) is 16.0. The Morgan fingerprint density at radius 2 is 1.95 bits per heavy atom. The Morgan fingerprint density at radius 3 is 2.62 bits per heavy atom. The van der Waals surface area contributed by atoms with Crippen LogP contribution in [0.5, 0.6) is 0 Å². The van der Waals surface area contributed by atoms with Gasteiger partial charge in [0.25, 0.3) is 5.91 Å². The number of amides is 2. The van der Waals surface area contributed by atoms with Crippen LogP contribution in [0, 0.1) is 0 Å². The first-order valence-electron chi connectivity index (χ1n) is 6.59. The van der Waals surface area contributed by atoms with Crippen molar-refractivity contribution < 1.29 is 9.59 Å².